The van der Waals surface area contributed by atoms with Crippen LogP contribution in [0, 0.1) is 0 Å². The number of rotatable bonds is 8. The number of hydrogen-bond acceptors (Lipinski definition) is 3. The molecule has 0 aromatic heterocycles. The molecule has 3 nitrogen and oxygen atoms in total. The van der Waals surface area contributed by atoms with Gasteiger partial charge in [0.15, 0.2) is 0 Å². The van der Waals surface area contributed by atoms with E-state index in [1.165, 1.54) is 0 Å². The van der Waals surface area contributed by atoms with E-state index >= 15 is 0 Å². The van der Waals surface area contributed by atoms with Gasteiger partial charge in [0.1, 0.15) is 0 Å². The summed E-state index contributed by atoms with van der Waals surface area (Å²) in [5, 5.41) is 1.87. The molecule has 2 rings (SSSR count). The zero-order valence-corrected chi connectivity index (χ0v) is 17.6. The minimum Gasteiger partial charge on any atom is -0.214 e. The molecule has 0 saturated carbocycles. The molecule has 2 aromatic rings. The minimum atomic E-state index is -3.51. The van der Waals surface area contributed by atoms with E-state index in [0.717, 1.165) is 5.56 Å². The lowest BCUT2D eigenvalue weighted by Crippen LogP contribution is -2.27. The lowest BCUT2D eigenvalue weighted by Gasteiger charge is -2.10. The van der Waals surface area contributed by atoms with E-state index in [1.807, 2.05) is 6.07 Å². The zero-order valence-electron chi connectivity index (χ0n) is 12.9. The quantitative estimate of drug-likeness (QED) is 0.519. The average molecular weight is 459 g/mol. The van der Waals surface area contributed by atoms with E-state index < -0.39 is 10.0 Å². The number of halogens is 4. The molecule has 0 aliphatic carbocycles. The molecule has 0 unspecified atom stereocenters. The Labute approximate surface area is 172 Å². The van der Waals surface area contributed by atoms with Gasteiger partial charge in [-0.15, -0.1) is 0 Å². The molecule has 0 saturated heterocycles. The molecular weight excluding hydrogens is 444 g/mol. The van der Waals surface area contributed by atoms with Crippen molar-refractivity contribution in [2.75, 3.05) is 12.3 Å². The van der Waals surface area contributed by atoms with Crippen LogP contribution in [0.3, 0.4) is 0 Å². The smallest absolute Gasteiger partial charge is 0.214 e. The third kappa shape index (κ3) is 6.83. The van der Waals surface area contributed by atoms with Crippen LogP contribution in [0.4, 0.5) is 0 Å². The third-order valence-corrected chi connectivity index (χ3v) is 6.85. The molecule has 0 radical (unpaired) electrons. The van der Waals surface area contributed by atoms with Crippen molar-refractivity contribution in [3.8, 4) is 0 Å². The van der Waals surface area contributed by atoms with Crippen LogP contribution >= 0.6 is 58.2 Å². The van der Waals surface area contributed by atoms with Crippen LogP contribution in [-0.4, -0.2) is 20.7 Å². The van der Waals surface area contributed by atoms with Gasteiger partial charge in [-0.2, -0.15) is 11.8 Å². The van der Waals surface area contributed by atoms with E-state index in [0.29, 0.717) is 43.7 Å². The maximum Gasteiger partial charge on any atom is 0.215 e. The number of thioether (sulfide) groups is 1. The van der Waals surface area contributed by atoms with Crippen LogP contribution in [0.15, 0.2) is 36.4 Å². The molecule has 0 spiro atoms. The van der Waals surface area contributed by atoms with Crippen molar-refractivity contribution in [1.29, 1.82) is 0 Å². The molecule has 0 heterocycles. The molecule has 0 aliphatic rings. The molecule has 0 bridgehead atoms. The normalized spacial score (nSPS) is 11.7. The minimum absolute atomic E-state index is 0.251. The zero-order chi connectivity index (χ0) is 18.4. The summed E-state index contributed by atoms with van der Waals surface area (Å²) in [6, 6.07) is 10.2. The summed E-state index contributed by atoms with van der Waals surface area (Å²) in [5.74, 6) is 1.03. The predicted octanol–water partition coefficient (Wildman–Crippen LogP) is 5.65. The van der Waals surface area contributed by atoms with Crippen LogP contribution in [0.25, 0.3) is 0 Å². The fraction of sp³-hybridized carbons (Fsp3) is 0.250. The molecule has 0 aliphatic heterocycles. The van der Waals surface area contributed by atoms with Crippen molar-refractivity contribution in [2.24, 2.45) is 0 Å². The Bertz CT molecular complexity index is 824. The molecule has 0 fully saturated rings. The van der Waals surface area contributed by atoms with Crippen molar-refractivity contribution >= 4 is 68.2 Å². The summed E-state index contributed by atoms with van der Waals surface area (Å²) >= 11 is 25.5. The Hall–Kier alpha value is -0.140. The monoisotopic (exact) mass is 457 g/mol. The van der Waals surface area contributed by atoms with Gasteiger partial charge in [0, 0.05) is 43.7 Å². The molecule has 1 N–H and O–H groups in total. The van der Waals surface area contributed by atoms with Crippen molar-refractivity contribution in [2.45, 2.75) is 11.5 Å². The first-order valence-corrected chi connectivity index (χ1v) is 11.5. The second-order valence-electron chi connectivity index (χ2n) is 5.14. The Balaban J connectivity index is 1.80. The summed E-state index contributed by atoms with van der Waals surface area (Å²) < 4.78 is 26.9. The van der Waals surface area contributed by atoms with E-state index in [9.17, 15) is 8.42 Å². The largest absolute Gasteiger partial charge is 0.215 e. The summed E-state index contributed by atoms with van der Waals surface area (Å²) in [5.41, 5.74) is 1.36. The van der Waals surface area contributed by atoms with E-state index in [1.54, 1.807) is 42.1 Å². The van der Waals surface area contributed by atoms with Crippen molar-refractivity contribution in [3.63, 3.8) is 0 Å². The second-order valence-corrected chi connectivity index (χ2v) is 9.71. The van der Waals surface area contributed by atoms with Gasteiger partial charge in [-0.05, 0) is 29.8 Å². The van der Waals surface area contributed by atoms with Crippen LogP contribution in [0.2, 0.25) is 20.1 Å². The van der Waals surface area contributed by atoms with Crippen LogP contribution in [0.1, 0.15) is 11.1 Å². The third-order valence-electron chi connectivity index (χ3n) is 3.24. The van der Waals surface area contributed by atoms with Gasteiger partial charge in [-0.3, -0.25) is 0 Å². The maximum absolute atomic E-state index is 12.2. The molecule has 9 heteroatoms. The van der Waals surface area contributed by atoms with Gasteiger partial charge in [0.2, 0.25) is 10.0 Å². The number of benzene rings is 2. The lowest BCUT2D eigenvalue weighted by atomic mass is 10.2. The molecule has 0 atom stereocenters. The first-order chi connectivity index (χ1) is 11.8. The molecule has 136 valence electrons. The number of sulfonamides is 1. The first-order valence-electron chi connectivity index (χ1n) is 7.20. The van der Waals surface area contributed by atoms with Gasteiger partial charge in [0.05, 0.1) is 5.75 Å². The molecule has 0 amide bonds. The fourth-order valence-electron chi connectivity index (χ4n) is 2.00. The van der Waals surface area contributed by atoms with Gasteiger partial charge in [0.25, 0.3) is 0 Å². The van der Waals surface area contributed by atoms with E-state index in [4.69, 9.17) is 46.4 Å². The lowest BCUT2D eigenvalue weighted by molar-refractivity contribution is 0.583. The van der Waals surface area contributed by atoms with Crippen molar-refractivity contribution < 1.29 is 8.42 Å². The second kappa shape index (κ2) is 9.70. The molecule has 2 aromatic carbocycles. The SMILES string of the molecule is O=S(=O)(Cc1c(Cl)cccc1Cl)NCCSCc1ccc(Cl)cc1Cl. The summed E-state index contributed by atoms with van der Waals surface area (Å²) in [6.07, 6.45) is 0. The molecular formula is C16H15Cl4NO2S2. The fourth-order valence-corrected chi connectivity index (χ4v) is 5.44. The molecule has 25 heavy (non-hydrogen) atoms. The highest BCUT2D eigenvalue weighted by molar-refractivity contribution is 7.98. The Morgan fingerprint density at radius 1 is 0.960 bits per heavy atom. The van der Waals surface area contributed by atoms with Gasteiger partial charge in [-0.25, -0.2) is 13.1 Å². The highest BCUT2D eigenvalue weighted by Gasteiger charge is 2.16. The topological polar surface area (TPSA) is 46.2 Å². The Kier molecular flexibility index (Phi) is 8.21. The van der Waals surface area contributed by atoms with Crippen molar-refractivity contribution in [3.05, 3.63) is 67.6 Å². The van der Waals surface area contributed by atoms with Crippen LogP contribution in [-0.2, 0) is 21.5 Å². The first kappa shape index (κ1) is 21.2. The summed E-state index contributed by atoms with van der Waals surface area (Å²) in [4.78, 5) is 0. The Morgan fingerprint density at radius 3 is 2.28 bits per heavy atom. The van der Waals surface area contributed by atoms with Gasteiger partial charge >= 0.3 is 0 Å². The van der Waals surface area contributed by atoms with Crippen molar-refractivity contribution in [1.82, 2.24) is 4.72 Å². The maximum atomic E-state index is 12.2. The van der Waals surface area contributed by atoms with E-state index in [-0.39, 0.29) is 5.75 Å². The average Bonchev–Trinajstić information content (AvgIpc) is 2.52. The highest BCUT2D eigenvalue weighted by Crippen LogP contribution is 2.26. The standard InChI is InChI=1S/C16H15Cl4NO2S2/c17-12-5-4-11(16(20)8-12)9-24-7-6-21-25(22,23)10-13-14(18)2-1-3-15(13)19/h1-5,8,21H,6-7,9-10H2. The number of nitrogens with one attached hydrogen (secondary N) is 1. The summed E-state index contributed by atoms with van der Waals surface area (Å²) in [6.45, 7) is 0.306. The van der Waals surface area contributed by atoms with Gasteiger partial charge in [-0.1, -0.05) is 58.5 Å². The Morgan fingerprint density at radius 2 is 1.64 bits per heavy atom. The highest BCUT2D eigenvalue weighted by atomic mass is 35.5. The van der Waals surface area contributed by atoms with Crippen LogP contribution in [0.5, 0.6) is 0 Å². The van der Waals surface area contributed by atoms with E-state index in [2.05, 4.69) is 4.72 Å². The number of hydrogen-bond donors (Lipinski definition) is 1. The summed E-state index contributed by atoms with van der Waals surface area (Å²) in [7, 11) is -3.51. The van der Waals surface area contributed by atoms with Gasteiger partial charge < -0.3 is 0 Å². The van der Waals surface area contributed by atoms with Crippen LogP contribution < -0.4 is 4.72 Å². The predicted molar refractivity (Wildman–Crippen MR) is 110 cm³/mol.